The second-order valence-corrected chi connectivity index (χ2v) is 5.94. The number of carbonyl (C=O) groups is 1. The molecule has 1 aromatic heterocycles. The van der Waals surface area contributed by atoms with Gasteiger partial charge in [0.05, 0.1) is 28.7 Å². The van der Waals surface area contributed by atoms with Gasteiger partial charge in [-0.2, -0.15) is 0 Å². The molecule has 3 rings (SSSR count). The van der Waals surface area contributed by atoms with Crippen molar-refractivity contribution in [1.29, 1.82) is 0 Å². The number of aromatic nitrogens is 2. The number of fused-ring (bicyclic) bond motifs is 1. The summed E-state index contributed by atoms with van der Waals surface area (Å²) in [5.74, 6) is 0.361. The van der Waals surface area contributed by atoms with E-state index in [0.717, 1.165) is 29.9 Å². The second kappa shape index (κ2) is 5.15. The van der Waals surface area contributed by atoms with Crippen LogP contribution in [0.1, 0.15) is 55.3 Å². The van der Waals surface area contributed by atoms with Crippen molar-refractivity contribution >= 4 is 17.0 Å². The molecule has 5 heteroatoms. The molecule has 0 spiro atoms. The molecule has 112 valence electrons. The molecule has 1 aliphatic heterocycles. The van der Waals surface area contributed by atoms with Crippen molar-refractivity contribution in [2.45, 2.75) is 45.3 Å². The molecule has 2 atom stereocenters. The van der Waals surface area contributed by atoms with E-state index in [1.54, 1.807) is 18.2 Å². The maximum atomic E-state index is 11.2. The highest BCUT2D eigenvalue weighted by molar-refractivity contribution is 5.92. The highest BCUT2D eigenvalue weighted by Gasteiger charge is 2.30. The first-order valence-electron chi connectivity index (χ1n) is 7.36. The van der Waals surface area contributed by atoms with Crippen LogP contribution in [0, 0.1) is 0 Å². The first-order chi connectivity index (χ1) is 9.99. The Bertz CT molecular complexity index is 690. The van der Waals surface area contributed by atoms with Crippen LogP contribution < -0.4 is 0 Å². The van der Waals surface area contributed by atoms with E-state index in [4.69, 9.17) is 9.72 Å². The van der Waals surface area contributed by atoms with Gasteiger partial charge < -0.3 is 14.4 Å². The number of rotatable bonds is 3. The number of hydrogen-bond acceptors (Lipinski definition) is 3. The lowest BCUT2D eigenvalue weighted by Gasteiger charge is -2.21. The summed E-state index contributed by atoms with van der Waals surface area (Å²) in [5.41, 5.74) is 2.04. The van der Waals surface area contributed by atoms with Gasteiger partial charge in [-0.05, 0) is 31.5 Å². The third kappa shape index (κ3) is 2.31. The Labute approximate surface area is 123 Å². The van der Waals surface area contributed by atoms with E-state index in [9.17, 15) is 9.90 Å². The molecule has 0 radical (unpaired) electrons. The van der Waals surface area contributed by atoms with Crippen LogP contribution in [0.5, 0.6) is 0 Å². The van der Waals surface area contributed by atoms with Crippen LogP contribution in [0.4, 0.5) is 0 Å². The van der Waals surface area contributed by atoms with Crippen molar-refractivity contribution in [3.8, 4) is 0 Å². The standard InChI is InChI=1S/C16H20N2O3/c1-9(2)15-17-12-5-4-11(16(19)20)8-14(12)18(15)13-6-7-21-10(13)3/h4-5,8-10,13H,6-7H2,1-3H3,(H,19,20). The highest BCUT2D eigenvalue weighted by atomic mass is 16.5. The van der Waals surface area contributed by atoms with Crippen LogP contribution >= 0.6 is 0 Å². The van der Waals surface area contributed by atoms with Crippen LogP contribution in [0.25, 0.3) is 11.0 Å². The van der Waals surface area contributed by atoms with Crippen molar-refractivity contribution in [1.82, 2.24) is 9.55 Å². The zero-order valence-electron chi connectivity index (χ0n) is 12.5. The first kappa shape index (κ1) is 14.1. The van der Waals surface area contributed by atoms with Crippen molar-refractivity contribution in [2.24, 2.45) is 0 Å². The predicted octanol–water partition coefficient (Wildman–Crippen LogP) is 3.21. The monoisotopic (exact) mass is 288 g/mol. The molecule has 0 bridgehead atoms. The van der Waals surface area contributed by atoms with Gasteiger partial charge in [0, 0.05) is 12.5 Å². The summed E-state index contributed by atoms with van der Waals surface area (Å²) in [6.45, 7) is 7.02. The number of carboxylic acid groups (broad SMARTS) is 1. The number of benzene rings is 1. The summed E-state index contributed by atoms with van der Waals surface area (Å²) in [5, 5.41) is 9.21. The summed E-state index contributed by atoms with van der Waals surface area (Å²) in [6.07, 6.45) is 1.05. The molecule has 0 amide bonds. The molecule has 1 fully saturated rings. The van der Waals surface area contributed by atoms with Gasteiger partial charge in [-0.15, -0.1) is 0 Å². The molecule has 0 saturated carbocycles. The topological polar surface area (TPSA) is 64.3 Å². The molecule has 2 unspecified atom stereocenters. The quantitative estimate of drug-likeness (QED) is 0.942. The normalized spacial score (nSPS) is 22.3. The van der Waals surface area contributed by atoms with Gasteiger partial charge in [-0.1, -0.05) is 13.8 Å². The first-order valence-corrected chi connectivity index (χ1v) is 7.36. The largest absolute Gasteiger partial charge is 0.478 e. The lowest BCUT2D eigenvalue weighted by atomic mass is 10.1. The van der Waals surface area contributed by atoms with Crippen molar-refractivity contribution in [3.05, 3.63) is 29.6 Å². The molecule has 21 heavy (non-hydrogen) atoms. The van der Waals surface area contributed by atoms with E-state index in [2.05, 4.69) is 25.3 Å². The summed E-state index contributed by atoms with van der Waals surface area (Å²) >= 11 is 0. The van der Waals surface area contributed by atoms with Crippen LogP contribution in [-0.2, 0) is 4.74 Å². The van der Waals surface area contributed by atoms with Crippen LogP contribution in [0.2, 0.25) is 0 Å². The molecule has 1 aliphatic rings. The average molecular weight is 288 g/mol. The number of hydrogen-bond donors (Lipinski definition) is 1. The fourth-order valence-electron chi connectivity index (χ4n) is 3.06. The Hall–Kier alpha value is -1.88. The van der Waals surface area contributed by atoms with Crippen molar-refractivity contribution < 1.29 is 14.6 Å². The summed E-state index contributed by atoms with van der Waals surface area (Å²) in [6, 6.07) is 5.35. The minimum absolute atomic E-state index is 0.119. The Balaban J connectivity index is 2.24. The minimum atomic E-state index is -0.911. The van der Waals surface area contributed by atoms with Gasteiger partial charge in [0.15, 0.2) is 0 Å². The second-order valence-electron chi connectivity index (χ2n) is 5.94. The van der Waals surface area contributed by atoms with E-state index >= 15 is 0 Å². The minimum Gasteiger partial charge on any atom is -0.478 e. The molecule has 2 aromatic rings. The Kier molecular flexibility index (Phi) is 3.45. The van der Waals surface area contributed by atoms with Gasteiger partial charge in [0.1, 0.15) is 5.82 Å². The predicted molar refractivity (Wildman–Crippen MR) is 79.8 cm³/mol. The molecule has 5 nitrogen and oxygen atoms in total. The van der Waals surface area contributed by atoms with Crippen LogP contribution in [0.3, 0.4) is 0 Å². The highest BCUT2D eigenvalue weighted by Crippen LogP contribution is 2.33. The molecule has 1 saturated heterocycles. The molecule has 2 heterocycles. The Morgan fingerprint density at radius 3 is 2.81 bits per heavy atom. The van der Waals surface area contributed by atoms with Gasteiger partial charge in [0.25, 0.3) is 0 Å². The summed E-state index contributed by atoms with van der Waals surface area (Å²) in [4.78, 5) is 15.9. The summed E-state index contributed by atoms with van der Waals surface area (Å²) in [7, 11) is 0. The molecule has 1 aromatic carbocycles. The zero-order valence-corrected chi connectivity index (χ0v) is 12.5. The number of aromatic carboxylic acids is 1. The number of ether oxygens (including phenoxy) is 1. The van der Waals surface area contributed by atoms with Gasteiger partial charge in [-0.3, -0.25) is 0 Å². The average Bonchev–Trinajstić information content (AvgIpc) is 3.00. The van der Waals surface area contributed by atoms with Gasteiger partial charge >= 0.3 is 5.97 Å². The van der Waals surface area contributed by atoms with E-state index in [1.165, 1.54) is 0 Å². The molecular weight excluding hydrogens is 268 g/mol. The van der Waals surface area contributed by atoms with Gasteiger partial charge in [0.2, 0.25) is 0 Å². The van der Waals surface area contributed by atoms with E-state index in [1.807, 2.05) is 0 Å². The molecule has 1 N–H and O–H groups in total. The molecule has 0 aliphatic carbocycles. The van der Waals surface area contributed by atoms with Gasteiger partial charge in [-0.25, -0.2) is 9.78 Å². The lowest BCUT2D eigenvalue weighted by molar-refractivity contribution is 0.0697. The van der Waals surface area contributed by atoms with Crippen molar-refractivity contribution in [2.75, 3.05) is 6.61 Å². The molecular formula is C16H20N2O3. The maximum absolute atomic E-state index is 11.2. The van der Waals surface area contributed by atoms with E-state index < -0.39 is 5.97 Å². The smallest absolute Gasteiger partial charge is 0.335 e. The number of carboxylic acids is 1. The summed E-state index contributed by atoms with van der Waals surface area (Å²) < 4.78 is 7.87. The fourth-order valence-corrected chi connectivity index (χ4v) is 3.06. The number of nitrogens with zero attached hydrogens (tertiary/aromatic N) is 2. The Morgan fingerprint density at radius 2 is 2.24 bits per heavy atom. The SMILES string of the molecule is CC(C)c1nc2ccc(C(=O)O)cc2n1C1CCOC1C. The van der Waals surface area contributed by atoms with E-state index in [0.29, 0.717) is 5.56 Å². The van der Waals surface area contributed by atoms with Crippen molar-refractivity contribution in [3.63, 3.8) is 0 Å². The third-order valence-corrected chi connectivity index (χ3v) is 4.15. The number of imidazole rings is 1. The Morgan fingerprint density at radius 1 is 1.48 bits per heavy atom. The lowest BCUT2D eigenvalue weighted by Crippen LogP contribution is -2.19. The third-order valence-electron chi connectivity index (χ3n) is 4.15. The van der Waals surface area contributed by atoms with Crippen LogP contribution in [-0.4, -0.2) is 33.3 Å². The fraction of sp³-hybridized carbons (Fsp3) is 0.500. The van der Waals surface area contributed by atoms with E-state index in [-0.39, 0.29) is 18.1 Å². The maximum Gasteiger partial charge on any atom is 0.335 e. The van der Waals surface area contributed by atoms with Crippen LogP contribution in [0.15, 0.2) is 18.2 Å². The zero-order chi connectivity index (χ0) is 15.1.